The van der Waals surface area contributed by atoms with Crippen LogP contribution in [0.3, 0.4) is 0 Å². The smallest absolute Gasteiger partial charge is 0.0459 e. The Labute approximate surface area is 73.0 Å². The summed E-state index contributed by atoms with van der Waals surface area (Å²) in [6.45, 7) is 0.364. The van der Waals surface area contributed by atoms with E-state index in [-0.39, 0.29) is 0 Å². The first kappa shape index (κ1) is 7.81. The first-order valence-electron chi connectivity index (χ1n) is 4.56. The predicted molar refractivity (Wildman–Crippen MR) is 49.0 cm³/mol. The average molecular weight is 162 g/mol. The van der Waals surface area contributed by atoms with Gasteiger partial charge in [0.05, 0.1) is 0 Å². The van der Waals surface area contributed by atoms with E-state index in [2.05, 4.69) is 24.3 Å². The molecule has 0 spiro atoms. The van der Waals surface area contributed by atoms with E-state index in [4.69, 9.17) is 5.11 Å². The molecule has 0 amide bonds. The minimum absolute atomic E-state index is 0.364. The van der Waals surface area contributed by atoms with Crippen LogP contribution in [0.15, 0.2) is 30.3 Å². The Hall–Kier alpha value is -0.820. The molecule has 0 aliphatic heterocycles. The predicted octanol–water partition coefficient (Wildman–Crippen LogP) is 2.17. The maximum Gasteiger partial charge on any atom is 0.0459 e. The fourth-order valence-corrected chi connectivity index (χ4v) is 1.88. The molecule has 1 heteroatoms. The zero-order valence-corrected chi connectivity index (χ0v) is 7.11. The largest absolute Gasteiger partial charge is 0.396 e. The number of aliphatic hydroxyl groups is 1. The van der Waals surface area contributed by atoms with Crippen LogP contribution in [0.2, 0.25) is 0 Å². The monoisotopic (exact) mass is 162 g/mol. The Morgan fingerprint density at radius 3 is 2.42 bits per heavy atom. The highest BCUT2D eigenvalue weighted by atomic mass is 16.3. The zero-order chi connectivity index (χ0) is 8.39. The molecule has 2 rings (SSSR count). The first-order valence-corrected chi connectivity index (χ1v) is 4.56. The van der Waals surface area contributed by atoms with E-state index in [0.29, 0.717) is 18.4 Å². The molecule has 1 saturated carbocycles. The Kier molecular flexibility index (Phi) is 2.13. The van der Waals surface area contributed by atoms with Crippen molar-refractivity contribution in [3.8, 4) is 0 Å². The molecule has 1 aliphatic rings. The molecule has 0 radical (unpaired) electrons. The zero-order valence-electron chi connectivity index (χ0n) is 7.11. The van der Waals surface area contributed by atoms with Crippen molar-refractivity contribution in [3.05, 3.63) is 35.9 Å². The van der Waals surface area contributed by atoms with Crippen molar-refractivity contribution >= 4 is 0 Å². The first-order chi connectivity index (χ1) is 5.90. The summed E-state index contributed by atoms with van der Waals surface area (Å²) in [5.41, 5.74) is 1.43. The molecule has 1 aromatic carbocycles. The van der Waals surface area contributed by atoms with E-state index in [1.165, 1.54) is 18.4 Å². The summed E-state index contributed by atoms with van der Waals surface area (Å²) in [6, 6.07) is 10.6. The topological polar surface area (TPSA) is 20.2 Å². The second kappa shape index (κ2) is 3.28. The number of benzene rings is 1. The molecule has 12 heavy (non-hydrogen) atoms. The van der Waals surface area contributed by atoms with E-state index < -0.39 is 0 Å². The van der Waals surface area contributed by atoms with Crippen LogP contribution in [0.4, 0.5) is 0 Å². The van der Waals surface area contributed by atoms with Gasteiger partial charge < -0.3 is 5.11 Å². The molecule has 1 aliphatic carbocycles. The van der Waals surface area contributed by atoms with Gasteiger partial charge >= 0.3 is 0 Å². The molecule has 1 aromatic rings. The second-order valence-corrected chi connectivity index (χ2v) is 3.63. The van der Waals surface area contributed by atoms with E-state index in [1.807, 2.05) is 6.07 Å². The average Bonchev–Trinajstić information content (AvgIpc) is 2.04. The van der Waals surface area contributed by atoms with Gasteiger partial charge in [-0.3, -0.25) is 0 Å². The van der Waals surface area contributed by atoms with Crippen LogP contribution >= 0.6 is 0 Å². The molecular formula is C11H14O. The van der Waals surface area contributed by atoms with Crippen molar-refractivity contribution in [3.63, 3.8) is 0 Å². The van der Waals surface area contributed by atoms with E-state index in [9.17, 15) is 0 Å². The molecule has 0 atom stereocenters. The normalized spacial score (nSPS) is 28.1. The highest BCUT2D eigenvalue weighted by Gasteiger charge is 2.28. The quantitative estimate of drug-likeness (QED) is 0.706. The van der Waals surface area contributed by atoms with Gasteiger partial charge in [-0.2, -0.15) is 0 Å². The fourth-order valence-electron chi connectivity index (χ4n) is 1.88. The van der Waals surface area contributed by atoms with Crippen molar-refractivity contribution in [2.24, 2.45) is 5.92 Å². The Morgan fingerprint density at radius 2 is 1.83 bits per heavy atom. The molecule has 1 N–H and O–H groups in total. The molecular weight excluding hydrogens is 148 g/mol. The van der Waals surface area contributed by atoms with Gasteiger partial charge in [0.1, 0.15) is 0 Å². The third-order valence-electron chi connectivity index (χ3n) is 2.76. The third kappa shape index (κ3) is 1.37. The Bertz CT molecular complexity index is 236. The third-order valence-corrected chi connectivity index (χ3v) is 2.76. The molecule has 0 aromatic heterocycles. The summed E-state index contributed by atoms with van der Waals surface area (Å²) in [5.74, 6) is 1.28. The lowest BCUT2D eigenvalue weighted by atomic mass is 9.72. The number of hydrogen-bond donors (Lipinski definition) is 1. The lowest BCUT2D eigenvalue weighted by molar-refractivity contribution is 0.142. The summed E-state index contributed by atoms with van der Waals surface area (Å²) >= 11 is 0. The number of hydrogen-bond acceptors (Lipinski definition) is 1. The summed E-state index contributed by atoms with van der Waals surface area (Å²) < 4.78 is 0. The van der Waals surface area contributed by atoms with E-state index in [0.717, 1.165) is 0 Å². The van der Waals surface area contributed by atoms with Crippen LogP contribution in [0.1, 0.15) is 24.3 Å². The summed E-state index contributed by atoms with van der Waals surface area (Å²) in [5, 5.41) is 8.85. The van der Waals surface area contributed by atoms with Gasteiger partial charge in [0.2, 0.25) is 0 Å². The molecule has 1 nitrogen and oxygen atoms in total. The summed E-state index contributed by atoms with van der Waals surface area (Å²) in [6.07, 6.45) is 2.33. The van der Waals surface area contributed by atoms with E-state index in [1.54, 1.807) is 0 Å². The molecule has 1 fully saturated rings. The van der Waals surface area contributed by atoms with Gasteiger partial charge in [-0.15, -0.1) is 0 Å². The van der Waals surface area contributed by atoms with Gasteiger partial charge in [0.25, 0.3) is 0 Å². The fraction of sp³-hybridized carbons (Fsp3) is 0.455. The summed E-state index contributed by atoms with van der Waals surface area (Å²) in [7, 11) is 0. The SMILES string of the molecule is OC[C@H]1C[C@@H](c2ccccc2)C1. The second-order valence-electron chi connectivity index (χ2n) is 3.63. The Balaban J connectivity index is 1.97. The van der Waals surface area contributed by atoms with E-state index >= 15 is 0 Å². The molecule has 0 bridgehead atoms. The van der Waals surface area contributed by atoms with Crippen molar-refractivity contribution < 1.29 is 5.11 Å². The number of aliphatic hydroxyl groups excluding tert-OH is 1. The Morgan fingerprint density at radius 1 is 1.17 bits per heavy atom. The van der Waals surface area contributed by atoms with Crippen LogP contribution in [0.5, 0.6) is 0 Å². The lowest BCUT2D eigenvalue weighted by Crippen LogP contribution is -2.24. The van der Waals surface area contributed by atoms with Gasteiger partial charge in [0, 0.05) is 6.61 Å². The maximum absolute atomic E-state index is 8.85. The summed E-state index contributed by atoms with van der Waals surface area (Å²) in [4.78, 5) is 0. The highest BCUT2D eigenvalue weighted by molar-refractivity contribution is 5.21. The van der Waals surface area contributed by atoms with Gasteiger partial charge in [-0.25, -0.2) is 0 Å². The molecule has 64 valence electrons. The minimum Gasteiger partial charge on any atom is -0.396 e. The van der Waals surface area contributed by atoms with Crippen LogP contribution in [-0.2, 0) is 0 Å². The van der Waals surface area contributed by atoms with Crippen molar-refractivity contribution in [1.29, 1.82) is 0 Å². The standard InChI is InChI=1S/C11H14O/c12-8-9-6-11(7-9)10-4-2-1-3-5-10/h1-5,9,11-12H,6-8H2/t9-,11+. The molecule has 0 saturated heterocycles. The van der Waals surface area contributed by atoms with Crippen molar-refractivity contribution in [2.75, 3.05) is 6.61 Å². The number of rotatable bonds is 2. The van der Waals surface area contributed by atoms with Crippen LogP contribution < -0.4 is 0 Å². The minimum atomic E-state index is 0.364. The van der Waals surface area contributed by atoms with Gasteiger partial charge in [-0.1, -0.05) is 30.3 Å². The molecule has 0 heterocycles. The maximum atomic E-state index is 8.85. The van der Waals surface area contributed by atoms with Gasteiger partial charge in [0.15, 0.2) is 0 Å². The van der Waals surface area contributed by atoms with Crippen LogP contribution in [0.25, 0.3) is 0 Å². The van der Waals surface area contributed by atoms with Crippen LogP contribution in [0, 0.1) is 5.92 Å². The van der Waals surface area contributed by atoms with Crippen LogP contribution in [-0.4, -0.2) is 11.7 Å². The highest BCUT2D eigenvalue weighted by Crippen LogP contribution is 2.40. The lowest BCUT2D eigenvalue weighted by Gasteiger charge is -2.34. The molecule has 0 unspecified atom stereocenters. The van der Waals surface area contributed by atoms with Crippen molar-refractivity contribution in [2.45, 2.75) is 18.8 Å². The van der Waals surface area contributed by atoms with Gasteiger partial charge in [-0.05, 0) is 30.2 Å². The van der Waals surface area contributed by atoms with Crippen molar-refractivity contribution in [1.82, 2.24) is 0 Å².